The molecule has 0 radical (unpaired) electrons. The van der Waals surface area contributed by atoms with Crippen molar-refractivity contribution >= 4 is 11.6 Å². The van der Waals surface area contributed by atoms with Crippen molar-refractivity contribution in [3.05, 3.63) is 70.0 Å². The zero-order valence-electron chi connectivity index (χ0n) is 13.0. The minimum Gasteiger partial charge on any atom is -0.289 e. The second-order valence-corrected chi connectivity index (χ2v) is 6.49. The van der Waals surface area contributed by atoms with Gasteiger partial charge in [0.2, 0.25) is 0 Å². The largest absolute Gasteiger partial charge is 0.289 e. The molecule has 23 heavy (non-hydrogen) atoms. The van der Waals surface area contributed by atoms with Crippen LogP contribution in [0.25, 0.3) is 0 Å². The van der Waals surface area contributed by atoms with Crippen LogP contribution in [0.4, 0.5) is 4.39 Å². The van der Waals surface area contributed by atoms with E-state index < -0.39 is 0 Å². The first-order valence-corrected chi connectivity index (χ1v) is 8.16. The fourth-order valence-electron chi connectivity index (χ4n) is 2.88. The van der Waals surface area contributed by atoms with Crippen LogP contribution < -0.4 is 0 Å². The van der Waals surface area contributed by atoms with Crippen LogP contribution in [0.3, 0.4) is 0 Å². The molecular formula is C19H18ClFN2. The average Bonchev–Trinajstić information content (AvgIpc) is 3.39. The molecule has 1 aliphatic carbocycles. The predicted molar refractivity (Wildman–Crippen MR) is 89.5 cm³/mol. The standard InChI is InChI=1S/C19H18ClFN2/c1-13(15-3-5-17(20)6-4-15)23(18-7-8-18)12-16-10-14(11-22)2-9-19(16)21/h2-6,9-10,13,18H,7-8,12H2,1H3. The molecule has 3 rings (SSSR count). The molecule has 0 aliphatic heterocycles. The van der Waals surface area contributed by atoms with Gasteiger partial charge in [0.25, 0.3) is 0 Å². The maximum absolute atomic E-state index is 14.1. The van der Waals surface area contributed by atoms with E-state index in [1.807, 2.05) is 24.3 Å². The Bertz CT molecular complexity index is 732. The van der Waals surface area contributed by atoms with Gasteiger partial charge in [-0.05, 0) is 55.7 Å². The molecule has 0 bridgehead atoms. The molecule has 0 spiro atoms. The summed E-state index contributed by atoms with van der Waals surface area (Å²) in [6.45, 7) is 2.64. The van der Waals surface area contributed by atoms with E-state index in [9.17, 15) is 4.39 Å². The van der Waals surface area contributed by atoms with Crippen LogP contribution in [0.5, 0.6) is 0 Å². The highest BCUT2D eigenvalue weighted by atomic mass is 35.5. The van der Waals surface area contributed by atoms with Crippen LogP contribution in [0.15, 0.2) is 42.5 Å². The summed E-state index contributed by atoms with van der Waals surface area (Å²) in [7, 11) is 0. The summed E-state index contributed by atoms with van der Waals surface area (Å²) >= 11 is 5.96. The summed E-state index contributed by atoms with van der Waals surface area (Å²) in [4.78, 5) is 2.31. The van der Waals surface area contributed by atoms with E-state index in [0.717, 1.165) is 18.4 Å². The van der Waals surface area contributed by atoms with Gasteiger partial charge in [0, 0.05) is 29.2 Å². The molecule has 0 N–H and O–H groups in total. The van der Waals surface area contributed by atoms with Crippen molar-refractivity contribution in [3.8, 4) is 6.07 Å². The second-order valence-electron chi connectivity index (χ2n) is 6.05. The lowest BCUT2D eigenvalue weighted by Gasteiger charge is -2.30. The fourth-order valence-corrected chi connectivity index (χ4v) is 3.01. The molecule has 1 saturated carbocycles. The predicted octanol–water partition coefficient (Wildman–Crippen LogP) is 5.08. The highest BCUT2D eigenvalue weighted by molar-refractivity contribution is 6.30. The second kappa shape index (κ2) is 6.70. The first-order valence-electron chi connectivity index (χ1n) is 7.78. The molecule has 0 amide bonds. The molecule has 0 saturated heterocycles. The SMILES string of the molecule is CC(c1ccc(Cl)cc1)N(Cc1cc(C#N)ccc1F)C1CC1. The highest BCUT2D eigenvalue weighted by Crippen LogP contribution is 2.36. The Labute approximate surface area is 141 Å². The Morgan fingerprint density at radius 2 is 1.96 bits per heavy atom. The summed E-state index contributed by atoms with van der Waals surface area (Å²) < 4.78 is 14.1. The van der Waals surface area contributed by atoms with E-state index in [-0.39, 0.29) is 11.9 Å². The van der Waals surface area contributed by atoms with Gasteiger partial charge < -0.3 is 0 Å². The zero-order chi connectivity index (χ0) is 16.4. The fraction of sp³-hybridized carbons (Fsp3) is 0.316. The number of benzene rings is 2. The van der Waals surface area contributed by atoms with Crippen LogP contribution in [-0.2, 0) is 6.54 Å². The van der Waals surface area contributed by atoms with Gasteiger partial charge in [-0.1, -0.05) is 23.7 Å². The molecule has 118 valence electrons. The Morgan fingerprint density at radius 3 is 2.57 bits per heavy atom. The Balaban J connectivity index is 1.85. The van der Waals surface area contributed by atoms with Crippen molar-refractivity contribution in [2.45, 2.75) is 38.4 Å². The smallest absolute Gasteiger partial charge is 0.127 e. The number of rotatable bonds is 5. The lowest BCUT2D eigenvalue weighted by molar-refractivity contribution is 0.188. The molecule has 4 heteroatoms. The summed E-state index contributed by atoms with van der Waals surface area (Å²) in [5.41, 5.74) is 2.24. The lowest BCUT2D eigenvalue weighted by Crippen LogP contribution is -2.29. The van der Waals surface area contributed by atoms with Crippen molar-refractivity contribution in [2.75, 3.05) is 0 Å². The number of hydrogen-bond donors (Lipinski definition) is 0. The first kappa shape index (κ1) is 16.0. The number of nitriles is 1. The maximum atomic E-state index is 14.1. The molecule has 2 aromatic rings. The summed E-state index contributed by atoms with van der Waals surface area (Å²) in [6.07, 6.45) is 2.27. The van der Waals surface area contributed by atoms with Gasteiger partial charge >= 0.3 is 0 Å². The van der Waals surface area contributed by atoms with E-state index in [1.54, 1.807) is 6.07 Å². The Morgan fingerprint density at radius 1 is 1.26 bits per heavy atom. The highest BCUT2D eigenvalue weighted by Gasteiger charge is 2.33. The van der Waals surface area contributed by atoms with Gasteiger partial charge in [-0.15, -0.1) is 0 Å². The molecule has 0 aromatic heterocycles. The van der Waals surface area contributed by atoms with E-state index >= 15 is 0 Å². The van der Waals surface area contributed by atoms with Gasteiger partial charge in [0.1, 0.15) is 5.82 Å². The van der Waals surface area contributed by atoms with E-state index in [4.69, 9.17) is 16.9 Å². The van der Waals surface area contributed by atoms with E-state index in [0.29, 0.717) is 28.7 Å². The van der Waals surface area contributed by atoms with Crippen molar-refractivity contribution < 1.29 is 4.39 Å². The zero-order valence-corrected chi connectivity index (χ0v) is 13.7. The van der Waals surface area contributed by atoms with Gasteiger partial charge in [-0.3, -0.25) is 4.90 Å². The topological polar surface area (TPSA) is 27.0 Å². The molecule has 1 fully saturated rings. The Hall–Kier alpha value is -1.89. The molecule has 0 heterocycles. The summed E-state index contributed by atoms with van der Waals surface area (Å²) in [5, 5.41) is 9.74. The maximum Gasteiger partial charge on any atom is 0.127 e. The number of halogens is 2. The third-order valence-electron chi connectivity index (χ3n) is 4.39. The van der Waals surface area contributed by atoms with Crippen molar-refractivity contribution in [1.82, 2.24) is 4.90 Å². The first-order chi connectivity index (χ1) is 11.1. The normalized spacial score (nSPS) is 15.4. The minimum atomic E-state index is -0.252. The van der Waals surface area contributed by atoms with Crippen molar-refractivity contribution in [3.63, 3.8) is 0 Å². The number of nitrogens with zero attached hydrogens (tertiary/aromatic N) is 2. The molecule has 2 nitrogen and oxygen atoms in total. The minimum absolute atomic E-state index is 0.171. The third kappa shape index (κ3) is 3.72. The molecule has 1 atom stereocenters. The van der Waals surface area contributed by atoms with Crippen LogP contribution in [0, 0.1) is 17.1 Å². The third-order valence-corrected chi connectivity index (χ3v) is 4.65. The monoisotopic (exact) mass is 328 g/mol. The van der Waals surface area contributed by atoms with Crippen molar-refractivity contribution in [2.24, 2.45) is 0 Å². The van der Waals surface area contributed by atoms with Gasteiger partial charge in [0.15, 0.2) is 0 Å². The quantitative estimate of drug-likeness (QED) is 0.765. The van der Waals surface area contributed by atoms with E-state index in [1.165, 1.54) is 12.1 Å². The Kier molecular flexibility index (Phi) is 4.66. The van der Waals surface area contributed by atoms with Gasteiger partial charge in [-0.2, -0.15) is 5.26 Å². The van der Waals surface area contributed by atoms with Gasteiger partial charge in [-0.25, -0.2) is 4.39 Å². The van der Waals surface area contributed by atoms with Crippen molar-refractivity contribution in [1.29, 1.82) is 5.26 Å². The average molecular weight is 329 g/mol. The molecule has 1 aliphatic rings. The van der Waals surface area contributed by atoms with Crippen LogP contribution >= 0.6 is 11.6 Å². The lowest BCUT2D eigenvalue weighted by atomic mass is 10.0. The van der Waals surface area contributed by atoms with Gasteiger partial charge in [0.05, 0.1) is 11.6 Å². The van der Waals surface area contributed by atoms with Crippen LogP contribution in [-0.4, -0.2) is 10.9 Å². The van der Waals surface area contributed by atoms with E-state index in [2.05, 4.69) is 17.9 Å². The van der Waals surface area contributed by atoms with Crippen LogP contribution in [0.1, 0.15) is 42.5 Å². The number of hydrogen-bond acceptors (Lipinski definition) is 2. The summed E-state index contributed by atoms with van der Waals surface area (Å²) in [5.74, 6) is -0.252. The van der Waals surface area contributed by atoms with Crippen LogP contribution in [0.2, 0.25) is 5.02 Å². The summed E-state index contributed by atoms with van der Waals surface area (Å²) in [6, 6.07) is 15.1. The molecule has 2 aromatic carbocycles. The molecular weight excluding hydrogens is 311 g/mol. The molecule has 1 unspecified atom stereocenters.